The summed E-state index contributed by atoms with van der Waals surface area (Å²) in [4.78, 5) is 0. The second kappa shape index (κ2) is 3.38. The van der Waals surface area contributed by atoms with Gasteiger partial charge in [-0.3, -0.25) is 0 Å². The number of ether oxygens (including phenoxy) is 1. The Morgan fingerprint density at radius 1 is 1.43 bits per heavy atom. The molecule has 0 radical (unpaired) electrons. The van der Waals surface area contributed by atoms with E-state index in [0.717, 1.165) is 18.6 Å². The van der Waals surface area contributed by atoms with Crippen LogP contribution in [0.3, 0.4) is 0 Å². The molecule has 2 rings (SSSR count). The van der Waals surface area contributed by atoms with Crippen molar-refractivity contribution < 1.29 is 4.74 Å². The second-order valence-electron chi connectivity index (χ2n) is 3.81. The number of rotatable bonds is 2. The van der Waals surface area contributed by atoms with Crippen LogP contribution in [0.15, 0.2) is 24.3 Å². The van der Waals surface area contributed by atoms with E-state index in [0.29, 0.717) is 0 Å². The molecule has 0 amide bonds. The maximum absolute atomic E-state index is 5.60. The van der Waals surface area contributed by atoms with Gasteiger partial charge in [-0.1, -0.05) is 18.1 Å². The van der Waals surface area contributed by atoms with Crippen LogP contribution in [0.1, 0.15) is 24.8 Å². The minimum atomic E-state index is -0.00542. The summed E-state index contributed by atoms with van der Waals surface area (Å²) >= 11 is 0. The Bertz CT molecular complexity index is 369. The SMILES string of the molecule is C#CC1(c2cccc(OC)c2)CCC1. The largest absolute Gasteiger partial charge is 0.497 e. The van der Waals surface area contributed by atoms with Crippen LogP contribution < -0.4 is 4.74 Å². The summed E-state index contributed by atoms with van der Waals surface area (Å²) in [6, 6.07) is 8.11. The maximum Gasteiger partial charge on any atom is 0.119 e. The fourth-order valence-corrected chi connectivity index (χ4v) is 1.97. The Labute approximate surface area is 85.1 Å². The van der Waals surface area contributed by atoms with Gasteiger partial charge in [-0.05, 0) is 37.0 Å². The highest BCUT2D eigenvalue weighted by Gasteiger charge is 2.36. The van der Waals surface area contributed by atoms with Gasteiger partial charge in [-0.25, -0.2) is 0 Å². The molecule has 1 saturated carbocycles. The van der Waals surface area contributed by atoms with Crippen LogP contribution in [-0.4, -0.2) is 7.11 Å². The fourth-order valence-electron chi connectivity index (χ4n) is 1.97. The van der Waals surface area contributed by atoms with Crippen LogP contribution in [-0.2, 0) is 5.41 Å². The number of terminal acetylenes is 1. The molecule has 0 spiro atoms. The number of methoxy groups -OCH3 is 1. The van der Waals surface area contributed by atoms with Crippen molar-refractivity contribution in [2.24, 2.45) is 0 Å². The molecule has 0 bridgehead atoms. The zero-order valence-electron chi connectivity index (χ0n) is 8.42. The van der Waals surface area contributed by atoms with Gasteiger partial charge in [0.05, 0.1) is 12.5 Å². The molecule has 0 heterocycles. The molecule has 72 valence electrons. The molecule has 1 nitrogen and oxygen atoms in total. The summed E-state index contributed by atoms with van der Waals surface area (Å²) in [5, 5.41) is 0. The molecule has 0 saturated heterocycles. The van der Waals surface area contributed by atoms with E-state index in [1.807, 2.05) is 12.1 Å². The van der Waals surface area contributed by atoms with Crippen LogP contribution in [0.25, 0.3) is 0 Å². The van der Waals surface area contributed by atoms with E-state index in [1.165, 1.54) is 12.0 Å². The average molecular weight is 186 g/mol. The van der Waals surface area contributed by atoms with Gasteiger partial charge in [-0.15, -0.1) is 6.42 Å². The third-order valence-corrected chi connectivity index (χ3v) is 3.11. The van der Waals surface area contributed by atoms with E-state index in [1.54, 1.807) is 7.11 Å². The highest BCUT2D eigenvalue weighted by Crippen LogP contribution is 2.43. The molecule has 1 heteroatoms. The van der Waals surface area contributed by atoms with Gasteiger partial charge in [0.25, 0.3) is 0 Å². The normalized spacial score (nSPS) is 18.0. The lowest BCUT2D eigenvalue weighted by atomic mass is 9.65. The second-order valence-corrected chi connectivity index (χ2v) is 3.81. The van der Waals surface area contributed by atoms with Gasteiger partial charge in [0.15, 0.2) is 0 Å². The number of benzene rings is 1. The molecule has 14 heavy (non-hydrogen) atoms. The molecular formula is C13H14O. The summed E-state index contributed by atoms with van der Waals surface area (Å²) in [5.41, 5.74) is 1.22. The lowest BCUT2D eigenvalue weighted by Gasteiger charge is -2.37. The van der Waals surface area contributed by atoms with Gasteiger partial charge in [0.2, 0.25) is 0 Å². The minimum absolute atomic E-state index is 0.00542. The van der Waals surface area contributed by atoms with Crippen molar-refractivity contribution in [3.63, 3.8) is 0 Å². The molecule has 1 fully saturated rings. The first-order valence-corrected chi connectivity index (χ1v) is 4.93. The lowest BCUT2D eigenvalue weighted by molar-refractivity contribution is 0.326. The summed E-state index contributed by atoms with van der Waals surface area (Å²) < 4.78 is 5.19. The first-order valence-electron chi connectivity index (χ1n) is 4.93. The standard InChI is InChI=1S/C13H14O/c1-3-13(8-5-9-13)11-6-4-7-12(10-11)14-2/h1,4,6-7,10H,5,8-9H2,2H3. The van der Waals surface area contributed by atoms with Crippen molar-refractivity contribution in [2.75, 3.05) is 7.11 Å². The zero-order chi connectivity index (χ0) is 10.0. The molecular weight excluding hydrogens is 172 g/mol. The quantitative estimate of drug-likeness (QED) is 0.645. The van der Waals surface area contributed by atoms with Crippen LogP contribution >= 0.6 is 0 Å². The molecule has 0 aromatic heterocycles. The van der Waals surface area contributed by atoms with Crippen molar-refractivity contribution in [1.29, 1.82) is 0 Å². The zero-order valence-corrected chi connectivity index (χ0v) is 8.42. The number of hydrogen-bond donors (Lipinski definition) is 0. The molecule has 1 aliphatic rings. The van der Waals surface area contributed by atoms with Crippen molar-refractivity contribution in [3.8, 4) is 18.1 Å². The molecule has 0 unspecified atom stereocenters. The molecule has 0 N–H and O–H groups in total. The predicted octanol–water partition coefficient (Wildman–Crippen LogP) is 2.75. The number of hydrogen-bond acceptors (Lipinski definition) is 1. The van der Waals surface area contributed by atoms with Gasteiger partial charge < -0.3 is 4.74 Å². The highest BCUT2D eigenvalue weighted by atomic mass is 16.5. The lowest BCUT2D eigenvalue weighted by Crippen LogP contribution is -2.32. The van der Waals surface area contributed by atoms with E-state index in [4.69, 9.17) is 11.2 Å². The van der Waals surface area contributed by atoms with Crippen LogP contribution in [0, 0.1) is 12.3 Å². The summed E-state index contributed by atoms with van der Waals surface area (Å²) in [6.45, 7) is 0. The van der Waals surface area contributed by atoms with Crippen LogP contribution in [0.5, 0.6) is 5.75 Å². The van der Waals surface area contributed by atoms with Crippen molar-refractivity contribution in [3.05, 3.63) is 29.8 Å². The van der Waals surface area contributed by atoms with Gasteiger partial charge in [0.1, 0.15) is 5.75 Å². The van der Waals surface area contributed by atoms with Gasteiger partial charge in [-0.2, -0.15) is 0 Å². The Morgan fingerprint density at radius 3 is 2.71 bits per heavy atom. The molecule has 1 aromatic rings. The molecule has 0 aliphatic heterocycles. The van der Waals surface area contributed by atoms with E-state index < -0.39 is 0 Å². The Kier molecular flexibility index (Phi) is 2.21. The van der Waals surface area contributed by atoms with E-state index in [2.05, 4.69) is 18.1 Å². The smallest absolute Gasteiger partial charge is 0.119 e. The van der Waals surface area contributed by atoms with Crippen LogP contribution in [0.2, 0.25) is 0 Å². The van der Waals surface area contributed by atoms with Gasteiger partial charge in [0, 0.05) is 0 Å². The summed E-state index contributed by atoms with van der Waals surface area (Å²) in [7, 11) is 1.68. The third-order valence-electron chi connectivity index (χ3n) is 3.11. The maximum atomic E-state index is 5.60. The van der Waals surface area contributed by atoms with Crippen molar-refractivity contribution >= 4 is 0 Å². The Morgan fingerprint density at radius 2 is 2.21 bits per heavy atom. The first kappa shape index (κ1) is 9.15. The van der Waals surface area contributed by atoms with Crippen LogP contribution in [0.4, 0.5) is 0 Å². The van der Waals surface area contributed by atoms with Gasteiger partial charge >= 0.3 is 0 Å². The van der Waals surface area contributed by atoms with Crippen molar-refractivity contribution in [2.45, 2.75) is 24.7 Å². The van der Waals surface area contributed by atoms with E-state index >= 15 is 0 Å². The molecule has 0 atom stereocenters. The summed E-state index contributed by atoms with van der Waals surface area (Å²) in [6.07, 6.45) is 9.05. The Hall–Kier alpha value is -1.42. The minimum Gasteiger partial charge on any atom is -0.497 e. The predicted molar refractivity (Wildman–Crippen MR) is 57.4 cm³/mol. The molecule has 1 aliphatic carbocycles. The van der Waals surface area contributed by atoms with E-state index in [-0.39, 0.29) is 5.41 Å². The average Bonchev–Trinajstić information content (AvgIpc) is 2.18. The fraction of sp³-hybridized carbons (Fsp3) is 0.385. The topological polar surface area (TPSA) is 9.23 Å². The summed E-state index contributed by atoms with van der Waals surface area (Å²) in [5.74, 6) is 3.82. The third kappa shape index (κ3) is 1.28. The molecule has 1 aromatic carbocycles. The first-order chi connectivity index (χ1) is 6.80. The monoisotopic (exact) mass is 186 g/mol. The van der Waals surface area contributed by atoms with Crippen molar-refractivity contribution in [1.82, 2.24) is 0 Å². The highest BCUT2D eigenvalue weighted by molar-refractivity contribution is 5.41. The Balaban J connectivity index is 2.36. The van der Waals surface area contributed by atoms with E-state index in [9.17, 15) is 0 Å².